The molecule has 2 aromatic carbocycles. The summed E-state index contributed by atoms with van der Waals surface area (Å²) in [7, 11) is 0. The summed E-state index contributed by atoms with van der Waals surface area (Å²) in [5.41, 5.74) is 1.12. The summed E-state index contributed by atoms with van der Waals surface area (Å²) in [5, 5.41) is 10.4. The summed E-state index contributed by atoms with van der Waals surface area (Å²) in [4.78, 5) is 12.7. The molecule has 0 heterocycles. The Hall–Kier alpha value is -2.27. The van der Waals surface area contributed by atoms with Crippen LogP contribution in [0.5, 0.6) is 0 Å². The Balaban J connectivity index is 2.21. The average Bonchev–Trinajstić information content (AvgIpc) is 2.65. The highest BCUT2D eigenvalue weighted by Gasteiger charge is 2.36. The lowest BCUT2D eigenvalue weighted by molar-refractivity contribution is -0.137. The molecule has 0 fully saturated rings. The molecule has 2 nitrogen and oxygen atoms in total. The second-order valence-electron chi connectivity index (χ2n) is 7.95. The van der Waals surface area contributed by atoms with Gasteiger partial charge >= 0.3 is 6.18 Å². The van der Waals surface area contributed by atoms with Gasteiger partial charge in [-0.3, -0.25) is 4.79 Å². The Kier molecular flexibility index (Phi) is 5.56. The number of Topliss-reactive ketones (excluding diaryl/α,β-unsaturated/α-hetero) is 1. The van der Waals surface area contributed by atoms with Gasteiger partial charge in [0, 0.05) is 11.8 Å². The molecule has 6 heteroatoms. The van der Waals surface area contributed by atoms with E-state index >= 15 is 0 Å². The summed E-state index contributed by atoms with van der Waals surface area (Å²) in [6.07, 6.45) is -3.08. The fourth-order valence-electron chi connectivity index (χ4n) is 3.64. The summed E-state index contributed by atoms with van der Waals surface area (Å²) in [5.74, 6) is -0.117. The van der Waals surface area contributed by atoms with E-state index in [0.29, 0.717) is 36.0 Å². The number of allylic oxidation sites excluding steroid dienone is 2. The second kappa shape index (κ2) is 7.52. The van der Waals surface area contributed by atoms with Crippen LogP contribution in [0.15, 0.2) is 42.2 Å². The van der Waals surface area contributed by atoms with Crippen molar-refractivity contribution >= 4 is 23.0 Å². The Morgan fingerprint density at radius 2 is 1.72 bits per heavy atom. The van der Waals surface area contributed by atoms with Crippen LogP contribution in [-0.2, 0) is 17.4 Å². The molecule has 0 amide bonds. The third-order valence-corrected chi connectivity index (χ3v) is 5.83. The first-order chi connectivity index (χ1) is 13.5. The quantitative estimate of drug-likeness (QED) is 0.565. The van der Waals surface area contributed by atoms with E-state index in [4.69, 9.17) is 11.6 Å². The molecule has 1 aliphatic carbocycles. The second-order valence-corrected chi connectivity index (χ2v) is 8.36. The van der Waals surface area contributed by atoms with Crippen LogP contribution in [0.4, 0.5) is 13.2 Å². The van der Waals surface area contributed by atoms with E-state index in [2.05, 4.69) is 0 Å². The first-order valence-corrected chi connectivity index (χ1v) is 9.81. The van der Waals surface area contributed by atoms with Gasteiger partial charge in [-0.2, -0.15) is 13.2 Å². The maximum Gasteiger partial charge on any atom is 0.417 e. The summed E-state index contributed by atoms with van der Waals surface area (Å²) < 4.78 is 39.8. The minimum Gasteiger partial charge on any atom is -0.511 e. The lowest BCUT2D eigenvalue weighted by Crippen LogP contribution is -2.25. The van der Waals surface area contributed by atoms with Crippen molar-refractivity contribution < 1.29 is 23.1 Å². The maximum atomic E-state index is 13.3. The zero-order valence-corrected chi connectivity index (χ0v) is 17.2. The standard InChI is InChI=1S/C23H22ClF3O2/c1-4-13-5-6-14(15-7-8-18(24)17(12-15)23(25,26)27)11-16(13)20-19(28)9-10-22(2,3)21(20)29/h5-8,11-12,29H,4,9-10H2,1-3H3. The molecule has 0 saturated heterocycles. The van der Waals surface area contributed by atoms with Crippen LogP contribution in [0.2, 0.25) is 5.02 Å². The first kappa shape index (κ1) is 21.4. The molecule has 2 aromatic rings. The summed E-state index contributed by atoms with van der Waals surface area (Å²) >= 11 is 5.73. The zero-order chi connectivity index (χ0) is 21.6. The van der Waals surface area contributed by atoms with Crippen molar-refractivity contribution in [3.05, 3.63) is 63.9 Å². The highest BCUT2D eigenvalue weighted by molar-refractivity contribution is 6.31. The van der Waals surface area contributed by atoms with Crippen molar-refractivity contribution in [2.45, 2.75) is 46.2 Å². The Labute approximate surface area is 173 Å². The zero-order valence-electron chi connectivity index (χ0n) is 16.5. The number of alkyl halides is 3. The summed E-state index contributed by atoms with van der Waals surface area (Å²) in [6.45, 7) is 5.68. The van der Waals surface area contributed by atoms with Crippen LogP contribution in [0, 0.1) is 5.41 Å². The molecular formula is C23H22ClF3O2. The number of halogens is 4. The third-order valence-electron chi connectivity index (χ3n) is 5.50. The molecular weight excluding hydrogens is 401 g/mol. The Morgan fingerprint density at radius 1 is 1.10 bits per heavy atom. The molecule has 1 aliphatic rings. The smallest absolute Gasteiger partial charge is 0.417 e. The number of carbonyl (C=O) groups excluding carboxylic acids is 1. The predicted octanol–water partition coefficient (Wildman–Crippen LogP) is 7.25. The van der Waals surface area contributed by atoms with Crippen LogP contribution in [0.3, 0.4) is 0 Å². The maximum absolute atomic E-state index is 13.3. The Morgan fingerprint density at radius 3 is 2.34 bits per heavy atom. The van der Waals surface area contributed by atoms with E-state index in [-0.39, 0.29) is 22.1 Å². The van der Waals surface area contributed by atoms with E-state index in [1.54, 1.807) is 18.2 Å². The number of hydrogen-bond donors (Lipinski definition) is 1. The van der Waals surface area contributed by atoms with Gasteiger partial charge in [-0.1, -0.05) is 50.6 Å². The molecule has 0 bridgehead atoms. The van der Waals surface area contributed by atoms with Crippen molar-refractivity contribution in [2.24, 2.45) is 5.41 Å². The van der Waals surface area contributed by atoms with Gasteiger partial charge in [0.25, 0.3) is 0 Å². The van der Waals surface area contributed by atoms with Gasteiger partial charge in [-0.25, -0.2) is 0 Å². The van der Waals surface area contributed by atoms with Crippen LogP contribution >= 0.6 is 11.6 Å². The van der Waals surface area contributed by atoms with E-state index in [1.807, 2.05) is 20.8 Å². The lowest BCUT2D eigenvalue weighted by Gasteiger charge is -2.31. The minimum absolute atomic E-state index is 0.0349. The molecule has 0 aromatic heterocycles. The fraction of sp³-hybridized carbons (Fsp3) is 0.348. The van der Waals surface area contributed by atoms with Crippen molar-refractivity contribution in [3.63, 3.8) is 0 Å². The number of carbonyl (C=O) groups is 1. The van der Waals surface area contributed by atoms with E-state index in [0.717, 1.165) is 11.6 Å². The molecule has 154 valence electrons. The van der Waals surface area contributed by atoms with Crippen LogP contribution in [0.1, 0.15) is 50.3 Å². The molecule has 0 unspecified atom stereocenters. The molecule has 29 heavy (non-hydrogen) atoms. The van der Waals surface area contributed by atoms with Gasteiger partial charge in [-0.15, -0.1) is 0 Å². The van der Waals surface area contributed by atoms with Gasteiger partial charge < -0.3 is 5.11 Å². The fourth-order valence-corrected chi connectivity index (χ4v) is 3.86. The number of hydrogen-bond acceptors (Lipinski definition) is 2. The number of rotatable bonds is 3. The van der Waals surface area contributed by atoms with E-state index in [9.17, 15) is 23.1 Å². The normalized spacial score (nSPS) is 17.0. The van der Waals surface area contributed by atoms with Crippen molar-refractivity contribution in [1.82, 2.24) is 0 Å². The predicted molar refractivity (Wildman–Crippen MR) is 109 cm³/mol. The van der Waals surface area contributed by atoms with E-state index in [1.165, 1.54) is 12.1 Å². The van der Waals surface area contributed by atoms with Crippen molar-refractivity contribution in [3.8, 4) is 11.1 Å². The van der Waals surface area contributed by atoms with Gasteiger partial charge in [-0.05, 0) is 53.3 Å². The van der Waals surface area contributed by atoms with Gasteiger partial charge in [0.1, 0.15) is 5.76 Å². The minimum atomic E-state index is -4.57. The first-order valence-electron chi connectivity index (χ1n) is 9.43. The van der Waals surface area contributed by atoms with E-state index < -0.39 is 17.2 Å². The Bertz CT molecular complexity index is 1000. The molecule has 0 atom stereocenters. The largest absolute Gasteiger partial charge is 0.511 e. The molecule has 0 radical (unpaired) electrons. The monoisotopic (exact) mass is 422 g/mol. The van der Waals surface area contributed by atoms with Gasteiger partial charge in [0.15, 0.2) is 5.78 Å². The van der Waals surface area contributed by atoms with Crippen LogP contribution in [0.25, 0.3) is 16.7 Å². The van der Waals surface area contributed by atoms with Crippen LogP contribution < -0.4 is 0 Å². The number of aryl methyl sites for hydroxylation is 1. The molecule has 0 aliphatic heterocycles. The lowest BCUT2D eigenvalue weighted by atomic mass is 9.74. The molecule has 3 rings (SSSR count). The number of aliphatic hydroxyl groups is 1. The SMILES string of the molecule is CCc1ccc(-c2ccc(Cl)c(C(F)(F)F)c2)cc1C1=C(O)C(C)(C)CCC1=O. The highest BCUT2D eigenvalue weighted by atomic mass is 35.5. The summed E-state index contributed by atoms with van der Waals surface area (Å²) in [6, 6.07) is 8.95. The average molecular weight is 423 g/mol. The number of aliphatic hydroxyl groups excluding tert-OH is 1. The highest BCUT2D eigenvalue weighted by Crippen LogP contribution is 2.43. The van der Waals surface area contributed by atoms with Crippen LogP contribution in [-0.4, -0.2) is 10.9 Å². The molecule has 0 saturated carbocycles. The third kappa shape index (κ3) is 4.06. The van der Waals surface area contributed by atoms with Gasteiger partial charge in [0.2, 0.25) is 0 Å². The topological polar surface area (TPSA) is 37.3 Å². The number of benzene rings is 2. The van der Waals surface area contributed by atoms with Crippen molar-refractivity contribution in [2.75, 3.05) is 0 Å². The van der Waals surface area contributed by atoms with Crippen molar-refractivity contribution in [1.29, 1.82) is 0 Å². The van der Waals surface area contributed by atoms with Gasteiger partial charge in [0.05, 0.1) is 16.2 Å². The number of ketones is 1. The molecule has 0 spiro atoms. The molecule has 1 N–H and O–H groups in total.